The molecule has 1 aliphatic carbocycles. The van der Waals surface area contributed by atoms with Gasteiger partial charge < -0.3 is 10.2 Å². The number of rotatable bonds is 4. The minimum atomic E-state index is 0.108. The summed E-state index contributed by atoms with van der Waals surface area (Å²) in [4.78, 5) is 17.1. The van der Waals surface area contributed by atoms with Crippen LogP contribution in [-0.2, 0) is 0 Å². The molecule has 1 aromatic heterocycles. The van der Waals surface area contributed by atoms with Gasteiger partial charge in [-0.25, -0.2) is 0 Å². The van der Waals surface area contributed by atoms with Crippen molar-refractivity contribution in [2.24, 2.45) is 11.3 Å². The zero-order valence-corrected chi connectivity index (χ0v) is 15.5. The lowest BCUT2D eigenvalue weighted by Crippen LogP contribution is -2.39. The van der Waals surface area contributed by atoms with Gasteiger partial charge in [-0.1, -0.05) is 19.3 Å². The van der Waals surface area contributed by atoms with E-state index >= 15 is 0 Å². The molecule has 2 aliphatic rings. The average molecular weight is 335 g/mol. The zero-order valence-electron chi connectivity index (χ0n) is 14.7. The minimum absolute atomic E-state index is 0.108. The molecule has 1 atom stereocenters. The monoisotopic (exact) mass is 334 g/mol. The second kappa shape index (κ2) is 6.94. The lowest BCUT2D eigenvalue weighted by atomic mass is 9.67. The number of aryl methyl sites for hydroxylation is 1. The zero-order chi connectivity index (χ0) is 16.4. The van der Waals surface area contributed by atoms with Crippen LogP contribution in [0.1, 0.15) is 60.5 Å². The van der Waals surface area contributed by atoms with Gasteiger partial charge in [-0.15, -0.1) is 11.3 Å². The van der Waals surface area contributed by atoms with Crippen LogP contribution in [0.2, 0.25) is 0 Å². The molecule has 1 N–H and O–H groups in total. The van der Waals surface area contributed by atoms with E-state index in [1.54, 1.807) is 11.3 Å². The van der Waals surface area contributed by atoms with Gasteiger partial charge in [-0.2, -0.15) is 0 Å². The summed E-state index contributed by atoms with van der Waals surface area (Å²) in [5, 5.41) is 3.23. The summed E-state index contributed by atoms with van der Waals surface area (Å²) >= 11 is 1.59. The fraction of sp³-hybridized carbons (Fsp3) is 0.737. The number of carbonyl (C=O) groups excluding carboxylic acids is 1. The molecule has 1 aliphatic heterocycles. The van der Waals surface area contributed by atoms with Crippen molar-refractivity contribution in [1.82, 2.24) is 10.2 Å². The van der Waals surface area contributed by atoms with Crippen LogP contribution in [0.15, 0.2) is 12.1 Å². The van der Waals surface area contributed by atoms with Gasteiger partial charge in [0.15, 0.2) is 0 Å². The summed E-state index contributed by atoms with van der Waals surface area (Å²) in [5.74, 6) is 0.715. The second-order valence-electron chi connectivity index (χ2n) is 7.76. The summed E-state index contributed by atoms with van der Waals surface area (Å²) in [5.41, 5.74) is 0.446. The number of amides is 1. The fourth-order valence-electron chi connectivity index (χ4n) is 4.43. The molecule has 4 heteroatoms. The quantitative estimate of drug-likeness (QED) is 0.900. The van der Waals surface area contributed by atoms with Gasteiger partial charge in [0.05, 0.1) is 4.88 Å². The smallest absolute Gasteiger partial charge is 0.261 e. The van der Waals surface area contributed by atoms with Crippen LogP contribution < -0.4 is 5.32 Å². The van der Waals surface area contributed by atoms with Gasteiger partial charge in [-0.3, -0.25) is 4.79 Å². The Bertz CT molecular complexity index is 545. The highest BCUT2D eigenvalue weighted by Crippen LogP contribution is 2.47. The van der Waals surface area contributed by atoms with E-state index in [2.05, 4.69) is 31.0 Å². The van der Waals surface area contributed by atoms with Gasteiger partial charge >= 0.3 is 0 Å². The van der Waals surface area contributed by atoms with Crippen molar-refractivity contribution in [3.63, 3.8) is 0 Å². The van der Waals surface area contributed by atoms with Crippen molar-refractivity contribution in [2.75, 3.05) is 19.6 Å². The normalized spacial score (nSPS) is 24.4. The van der Waals surface area contributed by atoms with Crippen LogP contribution in [0.25, 0.3) is 0 Å². The molecule has 128 valence electrons. The van der Waals surface area contributed by atoms with Crippen LogP contribution in [-0.4, -0.2) is 36.5 Å². The summed E-state index contributed by atoms with van der Waals surface area (Å²) < 4.78 is 0. The standard InChI is InChI=1S/C19H30N2OS/c1-14(2)21-12-16(19(13-21)9-5-4-6-10-19)11-20-18(22)17-8-7-15(3)23-17/h7-8,14,16H,4-6,9-13H2,1-3H3,(H,20,22)/t16-/m0/s1. The SMILES string of the molecule is Cc1ccc(C(=O)NC[C@H]2CN(C(C)C)CC23CCCCC3)s1. The van der Waals surface area contributed by atoms with Gasteiger partial charge in [-0.05, 0) is 57.1 Å². The summed E-state index contributed by atoms with van der Waals surface area (Å²) in [6.07, 6.45) is 6.79. The van der Waals surface area contributed by atoms with E-state index in [-0.39, 0.29) is 5.91 Å². The molecular weight excluding hydrogens is 304 g/mol. The maximum absolute atomic E-state index is 12.4. The Morgan fingerprint density at radius 2 is 2.09 bits per heavy atom. The Kier molecular flexibility index (Phi) is 5.12. The molecule has 0 radical (unpaired) electrons. The number of nitrogens with one attached hydrogen (secondary N) is 1. The number of hydrogen-bond donors (Lipinski definition) is 1. The molecule has 1 spiro atoms. The van der Waals surface area contributed by atoms with Gasteiger partial charge in [0, 0.05) is 30.6 Å². The van der Waals surface area contributed by atoms with Crippen LogP contribution in [0.3, 0.4) is 0 Å². The molecule has 1 saturated heterocycles. The van der Waals surface area contributed by atoms with Crippen molar-refractivity contribution in [1.29, 1.82) is 0 Å². The molecular formula is C19H30N2OS. The Labute approximate surface area is 144 Å². The van der Waals surface area contributed by atoms with E-state index < -0.39 is 0 Å². The second-order valence-corrected chi connectivity index (χ2v) is 9.05. The van der Waals surface area contributed by atoms with Crippen LogP contribution in [0.5, 0.6) is 0 Å². The molecule has 3 nitrogen and oxygen atoms in total. The molecule has 2 fully saturated rings. The molecule has 1 amide bonds. The fourth-order valence-corrected chi connectivity index (χ4v) is 5.22. The highest BCUT2D eigenvalue weighted by molar-refractivity contribution is 7.13. The highest BCUT2D eigenvalue weighted by Gasteiger charge is 2.47. The van der Waals surface area contributed by atoms with E-state index in [1.807, 2.05) is 12.1 Å². The van der Waals surface area contributed by atoms with Crippen molar-refractivity contribution < 1.29 is 4.79 Å². The number of hydrogen-bond acceptors (Lipinski definition) is 3. The lowest BCUT2D eigenvalue weighted by molar-refractivity contribution is 0.0919. The third-order valence-corrected chi connectivity index (χ3v) is 6.89. The molecule has 1 saturated carbocycles. The van der Waals surface area contributed by atoms with Crippen LogP contribution >= 0.6 is 11.3 Å². The Morgan fingerprint density at radius 3 is 2.70 bits per heavy atom. The third kappa shape index (κ3) is 3.63. The maximum Gasteiger partial charge on any atom is 0.261 e. The van der Waals surface area contributed by atoms with E-state index in [1.165, 1.54) is 43.5 Å². The van der Waals surface area contributed by atoms with Crippen molar-refractivity contribution in [3.8, 4) is 0 Å². The van der Waals surface area contributed by atoms with E-state index in [0.29, 0.717) is 17.4 Å². The number of likely N-dealkylation sites (tertiary alicyclic amines) is 1. The largest absolute Gasteiger partial charge is 0.351 e. The van der Waals surface area contributed by atoms with Crippen LogP contribution in [0, 0.1) is 18.3 Å². The number of nitrogens with zero attached hydrogens (tertiary/aromatic N) is 1. The predicted octanol–water partition coefficient (Wildman–Crippen LogP) is 4.08. The first kappa shape index (κ1) is 17.0. The van der Waals surface area contributed by atoms with E-state index in [9.17, 15) is 4.79 Å². The molecule has 1 aromatic rings. The Morgan fingerprint density at radius 1 is 1.35 bits per heavy atom. The van der Waals surface area contributed by atoms with Crippen molar-refractivity contribution in [3.05, 3.63) is 21.9 Å². The molecule has 23 heavy (non-hydrogen) atoms. The highest BCUT2D eigenvalue weighted by atomic mass is 32.1. The molecule has 2 heterocycles. The third-order valence-electron chi connectivity index (χ3n) is 5.89. The average Bonchev–Trinajstić information content (AvgIpc) is 3.10. The van der Waals surface area contributed by atoms with Gasteiger partial charge in [0.2, 0.25) is 0 Å². The van der Waals surface area contributed by atoms with Crippen LogP contribution in [0.4, 0.5) is 0 Å². The number of thiophene rings is 1. The lowest BCUT2D eigenvalue weighted by Gasteiger charge is -2.38. The van der Waals surface area contributed by atoms with E-state index in [0.717, 1.165) is 18.0 Å². The molecule has 0 unspecified atom stereocenters. The van der Waals surface area contributed by atoms with Gasteiger partial charge in [0.1, 0.15) is 0 Å². The molecule has 0 aromatic carbocycles. The summed E-state index contributed by atoms with van der Waals surface area (Å²) in [7, 11) is 0. The van der Waals surface area contributed by atoms with Gasteiger partial charge in [0.25, 0.3) is 5.91 Å². The maximum atomic E-state index is 12.4. The van der Waals surface area contributed by atoms with Crippen molar-refractivity contribution in [2.45, 2.75) is 58.9 Å². The first-order valence-electron chi connectivity index (χ1n) is 9.09. The Hall–Kier alpha value is -0.870. The minimum Gasteiger partial charge on any atom is -0.351 e. The molecule has 0 bridgehead atoms. The molecule has 3 rings (SSSR count). The van der Waals surface area contributed by atoms with Crippen molar-refractivity contribution >= 4 is 17.2 Å². The first-order chi connectivity index (χ1) is 11.0. The topological polar surface area (TPSA) is 32.3 Å². The first-order valence-corrected chi connectivity index (χ1v) is 9.90. The Balaban J connectivity index is 1.65. The summed E-state index contributed by atoms with van der Waals surface area (Å²) in [6, 6.07) is 4.58. The summed E-state index contributed by atoms with van der Waals surface area (Å²) in [6.45, 7) is 9.84. The number of carbonyl (C=O) groups is 1. The van der Waals surface area contributed by atoms with E-state index in [4.69, 9.17) is 0 Å². The predicted molar refractivity (Wildman–Crippen MR) is 97.1 cm³/mol.